The maximum atomic E-state index is 13.7. The summed E-state index contributed by atoms with van der Waals surface area (Å²) in [6, 6.07) is 3.53. The molecule has 0 aliphatic carbocycles. The minimum Gasteiger partial charge on any atom is -0.310 e. The zero-order valence-electron chi connectivity index (χ0n) is 10.1. The van der Waals surface area contributed by atoms with Gasteiger partial charge in [-0.2, -0.15) is 0 Å². The average molecular weight is 210 g/mol. The molecule has 15 heavy (non-hydrogen) atoms. The lowest BCUT2D eigenvalue weighted by molar-refractivity contribution is 0.220. The number of pyridine rings is 1. The number of hydrogen-bond acceptors (Lipinski definition) is 2. The van der Waals surface area contributed by atoms with Crippen molar-refractivity contribution < 1.29 is 4.39 Å². The topological polar surface area (TPSA) is 24.9 Å². The van der Waals surface area contributed by atoms with Crippen molar-refractivity contribution in [2.45, 2.75) is 38.9 Å². The minimum atomic E-state index is -1.32. The van der Waals surface area contributed by atoms with Gasteiger partial charge in [0.2, 0.25) is 0 Å². The molecular weight excluding hydrogens is 191 g/mol. The molecule has 0 aliphatic rings. The Kier molecular flexibility index (Phi) is 3.14. The molecule has 0 atom stereocenters. The predicted octanol–water partition coefficient (Wildman–Crippen LogP) is 2.74. The molecule has 0 bridgehead atoms. The Balaban J connectivity index is 3.14. The first-order valence-corrected chi connectivity index (χ1v) is 5.12. The number of hydrogen-bond donors (Lipinski definition) is 1. The molecule has 0 amide bonds. The number of rotatable bonds is 3. The Hall–Kier alpha value is -0.960. The van der Waals surface area contributed by atoms with E-state index in [2.05, 4.69) is 10.3 Å². The molecular formula is C12H19FN2. The van der Waals surface area contributed by atoms with Gasteiger partial charge in [-0.1, -0.05) is 0 Å². The maximum Gasteiger partial charge on any atom is 0.130 e. The van der Waals surface area contributed by atoms with E-state index in [1.165, 1.54) is 0 Å². The van der Waals surface area contributed by atoms with Gasteiger partial charge in [0.25, 0.3) is 0 Å². The van der Waals surface area contributed by atoms with Crippen molar-refractivity contribution in [1.29, 1.82) is 0 Å². The molecule has 0 unspecified atom stereocenters. The molecule has 1 aromatic heterocycles. The molecule has 0 aromatic carbocycles. The molecule has 0 spiro atoms. The van der Waals surface area contributed by atoms with Crippen molar-refractivity contribution in [3.8, 4) is 0 Å². The van der Waals surface area contributed by atoms with Gasteiger partial charge in [0, 0.05) is 6.20 Å². The van der Waals surface area contributed by atoms with E-state index < -0.39 is 5.67 Å². The Labute approximate surface area is 90.9 Å². The van der Waals surface area contributed by atoms with Crippen LogP contribution in [0.2, 0.25) is 0 Å². The molecule has 1 aromatic rings. The second kappa shape index (κ2) is 3.89. The summed E-state index contributed by atoms with van der Waals surface area (Å²) in [5.41, 5.74) is -0.0352. The second-order valence-electron chi connectivity index (χ2n) is 4.78. The monoisotopic (exact) mass is 210 g/mol. The van der Waals surface area contributed by atoms with Crippen LogP contribution in [0.4, 0.5) is 4.39 Å². The van der Waals surface area contributed by atoms with Crippen LogP contribution >= 0.6 is 0 Å². The van der Waals surface area contributed by atoms with Crippen LogP contribution in [0.25, 0.3) is 0 Å². The summed E-state index contributed by atoms with van der Waals surface area (Å²) in [7, 11) is 1.87. The van der Waals surface area contributed by atoms with Gasteiger partial charge in [0.05, 0.1) is 11.2 Å². The van der Waals surface area contributed by atoms with Crippen molar-refractivity contribution in [2.24, 2.45) is 0 Å². The summed E-state index contributed by atoms with van der Waals surface area (Å²) in [4.78, 5) is 4.27. The highest BCUT2D eigenvalue weighted by Crippen LogP contribution is 2.27. The van der Waals surface area contributed by atoms with E-state index in [0.717, 1.165) is 5.69 Å². The van der Waals surface area contributed by atoms with E-state index in [1.54, 1.807) is 26.1 Å². The third-order valence-corrected chi connectivity index (χ3v) is 2.71. The molecule has 1 heterocycles. The van der Waals surface area contributed by atoms with Crippen LogP contribution in [0.15, 0.2) is 18.3 Å². The van der Waals surface area contributed by atoms with Crippen LogP contribution in [-0.2, 0) is 11.2 Å². The van der Waals surface area contributed by atoms with Gasteiger partial charge >= 0.3 is 0 Å². The van der Waals surface area contributed by atoms with Crippen molar-refractivity contribution in [1.82, 2.24) is 10.3 Å². The molecule has 3 heteroatoms. The summed E-state index contributed by atoms with van der Waals surface area (Å²) in [6.45, 7) is 7.14. The van der Waals surface area contributed by atoms with Crippen molar-refractivity contribution >= 4 is 0 Å². The van der Waals surface area contributed by atoms with Gasteiger partial charge in [-0.05, 0) is 52.4 Å². The first kappa shape index (κ1) is 12.1. The summed E-state index contributed by atoms with van der Waals surface area (Å²) in [5.74, 6) is 0. The fourth-order valence-corrected chi connectivity index (χ4v) is 1.27. The molecule has 0 saturated carbocycles. The number of nitrogens with one attached hydrogen (secondary N) is 1. The van der Waals surface area contributed by atoms with Crippen LogP contribution < -0.4 is 5.32 Å². The van der Waals surface area contributed by atoms with Gasteiger partial charge in [0.15, 0.2) is 0 Å². The van der Waals surface area contributed by atoms with Gasteiger partial charge < -0.3 is 5.32 Å². The highest BCUT2D eigenvalue weighted by molar-refractivity contribution is 5.25. The van der Waals surface area contributed by atoms with Crippen molar-refractivity contribution in [3.05, 3.63) is 29.6 Å². The van der Waals surface area contributed by atoms with Gasteiger partial charge in [0.1, 0.15) is 5.67 Å². The summed E-state index contributed by atoms with van der Waals surface area (Å²) < 4.78 is 13.7. The van der Waals surface area contributed by atoms with Crippen molar-refractivity contribution in [3.63, 3.8) is 0 Å². The number of aromatic nitrogens is 1. The van der Waals surface area contributed by atoms with Crippen LogP contribution in [0, 0.1) is 0 Å². The largest absolute Gasteiger partial charge is 0.310 e. The molecule has 1 rings (SSSR count). The lowest BCUT2D eigenvalue weighted by Crippen LogP contribution is -2.34. The SMILES string of the molecule is CNC(C)(C)c1cc(C(C)(C)F)ccn1. The first-order valence-electron chi connectivity index (χ1n) is 5.12. The summed E-state index contributed by atoms with van der Waals surface area (Å²) in [5, 5.41) is 3.15. The molecule has 0 saturated heterocycles. The van der Waals surface area contributed by atoms with E-state index in [0.29, 0.717) is 5.56 Å². The lowest BCUT2D eigenvalue weighted by Gasteiger charge is -2.25. The Morgan fingerprint density at radius 3 is 2.33 bits per heavy atom. The standard InChI is InChI=1S/C12H19FN2/c1-11(2,13)9-6-7-15-10(8-9)12(3,4)14-5/h6-8,14H,1-5H3. The third-order valence-electron chi connectivity index (χ3n) is 2.71. The van der Waals surface area contributed by atoms with E-state index in [-0.39, 0.29) is 5.54 Å². The van der Waals surface area contributed by atoms with Crippen LogP contribution in [-0.4, -0.2) is 12.0 Å². The highest BCUT2D eigenvalue weighted by atomic mass is 19.1. The van der Waals surface area contributed by atoms with Crippen LogP contribution in [0.3, 0.4) is 0 Å². The minimum absolute atomic E-state index is 0.235. The molecule has 0 fully saturated rings. The quantitative estimate of drug-likeness (QED) is 0.829. The van der Waals surface area contributed by atoms with Crippen LogP contribution in [0.5, 0.6) is 0 Å². The number of alkyl halides is 1. The number of halogens is 1. The fraction of sp³-hybridized carbons (Fsp3) is 0.583. The first-order chi connectivity index (χ1) is 6.77. The van der Waals surface area contributed by atoms with Gasteiger partial charge in [-0.15, -0.1) is 0 Å². The molecule has 0 radical (unpaired) electrons. The molecule has 1 N–H and O–H groups in total. The van der Waals surface area contributed by atoms with Crippen molar-refractivity contribution in [2.75, 3.05) is 7.05 Å². The van der Waals surface area contributed by atoms with Crippen LogP contribution in [0.1, 0.15) is 39.0 Å². The maximum absolute atomic E-state index is 13.7. The summed E-state index contributed by atoms with van der Waals surface area (Å²) in [6.07, 6.45) is 1.66. The van der Waals surface area contributed by atoms with Gasteiger partial charge in [-0.25, -0.2) is 4.39 Å². The predicted molar refractivity (Wildman–Crippen MR) is 60.5 cm³/mol. The normalized spacial score (nSPS) is 12.9. The Morgan fingerprint density at radius 1 is 1.27 bits per heavy atom. The lowest BCUT2D eigenvalue weighted by atomic mass is 9.94. The summed E-state index contributed by atoms with van der Waals surface area (Å²) >= 11 is 0. The van der Waals surface area contributed by atoms with E-state index >= 15 is 0 Å². The Morgan fingerprint density at radius 2 is 1.87 bits per heavy atom. The average Bonchev–Trinajstić information content (AvgIpc) is 2.17. The van der Waals surface area contributed by atoms with E-state index in [1.807, 2.05) is 27.0 Å². The number of nitrogens with zero attached hydrogens (tertiary/aromatic N) is 1. The highest BCUT2D eigenvalue weighted by Gasteiger charge is 2.24. The molecule has 0 aliphatic heterocycles. The molecule has 84 valence electrons. The fourth-order valence-electron chi connectivity index (χ4n) is 1.27. The third kappa shape index (κ3) is 2.75. The smallest absolute Gasteiger partial charge is 0.130 e. The zero-order valence-corrected chi connectivity index (χ0v) is 10.1. The second-order valence-corrected chi connectivity index (χ2v) is 4.78. The van der Waals surface area contributed by atoms with E-state index in [4.69, 9.17) is 0 Å². The zero-order chi connectivity index (χ0) is 11.7. The van der Waals surface area contributed by atoms with E-state index in [9.17, 15) is 4.39 Å². The van der Waals surface area contributed by atoms with Gasteiger partial charge in [-0.3, -0.25) is 4.98 Å². The molecule has 2 nitrogen and oxygen atoms in total. The Bertz CT molecular complexity index is 340.